The summed E-state index contributed by atoms with van der Waals surface area (Å²) in [4.78, 5) is 0. The van der Waals surface area contributed by atoms with E-state index in [1.54, 1.807) is 0 Å². The van der Waals surface area contributed by atoms with Crippen LogP contribution in [0.3, 0.4) is 0 Å². The number of aryl methyl sites for hydroxylation is 2. The highest BCUT2D eigenvalue weighted by molar-refractivity contribution is 5.53. The van der Waals surface area contributed by atoms with Gasteiger partial charge < -0.3 is 0 Å². The summed E-state index contributed by atoms with van der Waals surface area (Å²) in [5.41, 5.74) is 8.25. The first-order chi connectivity index (χ1) is 15.2. The first kappa shape index (κ1) is 22.5. The maximum absolute atomic E-state index is 3.43. The molecule has 31 heavy (non-hydrogen) atoms. The third kappa shape index (κ3) is 6.38. The highest BCUT2D eigenvalue weighted by atomic mass is 14.2. The molecule has 0 unspecified atom stereocenters. The Labute approximate surface area is 188 Å². The van der Waals surface area contributed by atoms with Crippen LogP contribution < -0.4 is 0 Å². The normalized spacial score (nSPS) is 12.6. The van der Waals surface area contributed by atoms with Gasteiger partial charge in [0, 0.05) is 22.3 Å². The van der Waals surface area contributed by atoms with E-state index in [9.17, 15) is 0 Å². The van der Waals surface area contributed by atoms with E-state index < -0.39 is 0 Å². The number of hydrogen-bond donors (Lipinski definition) is 0. The average molecular weight is 405 g/mol. The zero-order valence-corrected chi connectivity index (χ0v) is 19.3. The molecule has 0 N–H and O–H groups in total. The maximum atomic E-state index is 3.43. The van der Waals surface area contributed by atoms with E-state index in [2.05, 4.69) is 104 Å². The zero-order chi connectivity index (χ0) is 22.1. The van der Waals surface area contributed by atoms with Crippen LogP contribution in [-0.2, 0) is 0 Å². The lowest BCUT2D eigenvalue weighted by atomic mass is 9.91. The molecule has 0 spiro atoms. The Bertz CT molecular complexity index is 1100. The second-order valence-corrected chi connectivity index (χ2v) is 8.02. The van der Waals surface area contributed by atoms with Gasteiger partial charge in [-0.15, -0.1) is 0 Å². The van der Waals surface area contributed by atoms with Crippen molar-refractivity contribution in [2.24, 2.45) is 0 Å². The molecule has 0 saturated heterocycles. The minimum atomic E-state index is 0.610. The van der Waals surface area contributed by atoms with Crippen molar-refractivity contribution in [3.05, 3.63) is 106 Å². The molecular formula is C31H32. The average Bonchev–Trinajstić information content (AvgIpc) is 3.35. The standard InChI is InChI=1S/C29H26.C2H6/c1-22-7-11-24(12-8-22)15-16-26-18-20-28(29(21-26)27-5-3-4-6-27)19-17-25-13-9-23(2)10-14-25;1-2/h7-14,18,20-21,27H,3-6H2,1-2H3;1-2H3. The Kier molecular flexibility index (Phi) is 8.15. The van der Waals surface area contributed by atoms with Crippen LogP contribution in [0.1, 0.15) is 84.4 Å². The minimum Gasteiger partial charge on any atom is -0.0683 e. The van der Waals surface area contributed by atoms with Crippen LogP contribution in [-0.4, -0.2) is 0 Å². The van der Waals surface area contributed by atoms with Crippen LogP contribution in [0.2, 0.25) is 0 Å². The molecule has 156 valence electrons. The van der Waals surface area contributed by atoms with E-state index in [1.165, 1.54) is 42.4 Å². The molecule has 0 amide bonds. The predicted octanol–water partition coefficient (Wildman–Crippen LogP) is 7.79. The quantitative estimate of drug-likeness (QED) is 0.363. The summed E-state index contributed by atoms with van der Waals surface area (Å²) in [5.74, 6) is 14.0. The lowest BCUT2D eigenvalue weighted by Crippen LogP contribution is -1.97. The second kappa shape index (κ2) is 11.2. The summed E-state index contributed by atoms with van der Waals surface area (Å²) in [6.45, 7) is 8.20. The molecule has 1 fully saturated rings. The van der Waals surface area contributed by atoms with Crippen molar-refractivity contribution in [3.8, 4) is 23.7 Å². The molecule has 0 atom stereocenters. The molecule has 1 aliphatic rings. The summed E-state index contributed by atoms with van der Waals surface area (Å²) < 4.78 is 0. The molecule has 1 aliphatic carbocycles. The van der Waals surface area contributed by atoms with Gasteiger partial charge in [-0.2, -0.15) is 0 Å². The molecule has 0 aliphatic heterocycles. The topological polar surface area (TPSA) is 0 Å². The monoisotopic (exact) mass is 404 g/mol. The predicted molar refractivity (Wildman–Crippen MR) is 133 cm³/mol. The highest BCUT2D eigenvalue weighted by Crippen LogP contribution is 2.36. The molecule has 0 bridgehead atoms. The van der Waals surface area contributed by atoms with Gasteiger partial charge in [0.25, 0.3) is 0 Å². The van der Waals surface area contributed by atoms with E-state index in [-0.39, 0.29) is 0 Å². The van der Waals surface area contributed by atoms with E-state index in [4.69, 9.17) is 0 Å². The van der Waals surface area contributed by atoms with Crippen LogP contribution >= 0.6 is 0 Å². The summed E-state index contributed by atoms with van der Waals surface area (Å²) in [6, 6.07) is 23.4. The highest BCUT2D eigenvalue weighted by Gasteiger charge is 2.19. The number of hydrogen-bond acceptors (Lipinski definition) is 0. The fourth-order valence-corrected chi connectivity index (χ4v) is 3.89. The second-order valence-electron chi connectivity index (χ2n) is 8.02. The Morgan fingerprint density at radius 1 is 0.581 bits per heavy atom. The number of rotatable bonds is 1. The van der Waals surface area contributed by atoms with Crippen molar-refractivity contribution in [2.45, 2.75) is 59.3 Å². The van der Waals surface area contributed by atoms with Gasteiger partial charge in [0.1, 0.15) is 0 Å². The lowest BCUT2D eigenvalue weighted by molar-refractivity contribution is 0.721. The third-order valence-electron chi connectivity index (χ3n) is 5.64. The van der Waals surface area contributed by atoms with Crippen LogP contribution in [0, 0.1) is 37.5 Å². The molecular weight excluding hydrogens is 372 g/mol. The molecule has 1 saturated carbocycles. The first-order valence-corrected chi connectivity index (χ1v) is 11.5. The molecule has 0 radical (unpaired) electrons. The Morgan fingerprint density at radius 2 is 1.03 bits per heavy atom. The number of benzene rings is 3. The smallest absolute Gasteiger partial charge is 0.0284 e. The van der Waals surface area contributed by atoms with Gasteiger partial charge in [0.15, 0.2) is 0 Å². The molecule has 3 aromatic carbocycles. The lowest BCUT2D eigenvalue weighted by Gasteiger charge is -2.12. The third-order valence-corrected chi connectivity index (χ3v) is 5.64. The molecule has 3 aromatic rings. The molecule has 0 heterocycles. The van der Waals surface area contributed by atoms with Crippen molar-refractivity contribution in [1.82, 2.24) is 0 Å². The van der Waals surface area contributed by atoms with Gasteiger partial charge >= 0.3 is 0 Å². The van der Waals surface area contributed by atoms with Crippen LogP contribution in [0.15, 0.2) is 66.7 Å². The van der Waals surface area contributed by atoms with Crippen LogP contribution in [0.25, 0.3) is 0 Å². The fraction of sp³-hybridized carbons (Fsp3) is 0.290. The van der Waals surface area contributed by atoms with Gasteiger partial charge in [-0.05, 0) is 80.6 Å². The van der Waals surface area contributed by atoms with Gasteiger partial charge in [-0.25, -0.2) is 0 Å². The first-order valence-electron chi connectivity index (χ1n) is 11.5. The fourth-order valence-electron chi connectivity index (χ4n) is 3.89. The zero-order valence-electron chi connectivity index (χ0n) is 19.3. The van der Waals surface area contributed by atoms with Crippen molar-refractivity contribution >= 4 is 0 Å². The van der Waals surface area contributed by atoms with Crippen LogP contribution in [0.5, 0.6) is 0 Å². The van der Waals surface area contributed by atoms with Gasteiger partial charge in [-0.1, -0.05) is 85.8 Å². The van der Waals surface area contributed by atoms with Crippen molar-refractivity contribution in [1.29, 1.82) is 0 Å². The maximum Gasteiger partial charge on any atom is 0.0284 e. The summed E-state index contributed by atoms with van der Waals surface area (Å²) >= 11 is 0. The Balaban J connectivity index is 0.00000132. The van der Waals surface area contributed by atoms with E-state index in [1.807, 2.05) is 13.8 Å². The van der Waals surface area contributed by atoms with E-state index >= 15 is 0 Å². The van der Waals surface area contributed by atoms with Gasteiger partial charge in [0.2, 0.25) is 0 Å². The van der Waals surface area contributed by atoms with Gasteiger partial charge in [0.05, 0.1) is 0 Å². The van der Waals surface area contributed by atoms with Crippen molar-refractivity contribution in [3.63, 3.8) is 0 Å². The molecule has 0 heteroatoms. The summed E-state index contributed by atoms with van der Waals surface area (Å²) in [7, 11) is 0. The van der Waals surface area contributed by atoms with E-state index in [0.29, 0.717) is 5.92 Å². The minimum absolute atomic E-state index is 0.610. The van der Waals surface area contributed by atoms with E-state index in [0.717, 1.165) is 22.3 Å². The van der Waals surface area contributed by atoms with Gasteiger partial charge in [-0.3, -0.25) is 0 Å². The van der Waals surface area contributed by atoms with Crippen molar-refractivity contribution < 1.29 is 0 Å². The molecule has 0 nitrogen and oxygen atoms in total. The Hall–Kier alpha value is -3.22. The van der Waals surface area contributed by atoms with Crippen LogP contribution in [0.4, 0.5) is 0 Å². The van der Waals surface area contributed by atoms with Crippen molar-refractivity contribution in [2.75, 3.05) is 0 Å². The SMILES string of the molecule is CC.Cc1ccc(C#Cc2ccc(C#Cc3ccc(C)cc3)c(C3CCCC3)c2)cc1. The largest absolute Gasteiger partial charge is 0.0683 e. The molecule has 4 rings (SSSR count). The summed E-state index contributed by atoms with van der Waals surface area (Å²) in [5, 5.41) is 0. The summed E-state index contributed by atoms with van der Waals surface area (Å²) in [6.07, 6.45) is 5.14. The Morgan fingerprint density at radius 3 is 1.58 bits per heavy atom. The molecule has 0 aromatic heterocycles.